The third-order valence-electron chi connectivity index (χ3n) is 5.31. The quantitative estimate of drug-likeness (QED) is 0.347. The first kappa shape index (κ1) is 21.4. The highest BCUT2D eigenvalue weighted by atomic mass is 35.5. The molecule has 4 nitrogen and oxygen atoms in total. The van der Waals surface area contributed by atoms with Crippen LogP contribution in [0.15, 0.2) is 66.7 Å². The number of hydrogen-bond acceptors (Lipinski definition) is 2. The van der Waals surface area contributed by atoms with Crippen molar-refractivity contribution in [3.8, 4) is 0 Å². The van der Waals surface area contributed by atoms with Crippen molar-refractivity contribution < 1.29 is 4.79 Å². The molecule has 0 aliphatic carbocycles. The van der Waals surface area contributed by atoms with E-state index in [1.807, 2.05) is 67.6 Å². The van der Waals surface area contributed by atoms with Gasteiger partial charge in [0.25, 0.3) is 5.91 Å². The third-order valence-corrected chi connectivity index (χ3v) is 6.05. The number of imidazole rings is 1. The Bertz CT molecular complexity index is 1230. The first-order chi connectivity index (χ1) is 15.0. The van der Waals surface area contributed by atoms with Gasteiger partial charge in [-0.15, -0.1) is 0 Å². The standard InChI is InChI=1S/C25H23Cl2N3O/c1-17-7-2-3-8-19(17)25(31)28-14-6-11-24-29-22-9-4-5-10-23(22)30(24)16-18-12-13-20(26)21(27)15-18/h2-5,7-10,12-13,15H,6,11,14,16H2,1H3,(H,28,31). The molecular formula is C25H23Cl2N3O. The van der Waals surface area contributed by atoms with E-state index in [-0.39, 0.29) is 5.91 Å². The fourth-order valence-corrected chi connectivity index (χ4v) is 4.01. The summed E-state index contributed by atoms with van der Waals surface area (Å²) in [4.78, 5) is 17.3. The van der Waals surface area contributed by atoms with Gasteiger partial charge in [-0.1, -0.05) is 59.6 Å². The van der Waals surface area contributed by atoms with Gasteiger partial charge in [0.1, 0.15) is 5.82 Å². The molecule has 0 unspecified atom stereocenters. The summed E-state index contributed by atoms with van der Waals surface area (Å²) in [6.45, 7) is 3.19. The summed E-state index contributed by atoms with van der Waals surface area (Å²) in [5.74, 6) is 0.944. The molecule has 6 heteroatoms. The molecule has 0 spiro atoms. The zero-order valence-electron chi connectivity index (χ0n) is 17.2. The van der Waals surface area contributed by atoms with Gasteiger partial charge in [0.05, 0.1) is 21.1 Å². The number of para-hydroxylation sites is 2. The summed E-state index contributed by atoms with van der Waals surface area (Å²) in [5.41, 5.74) is 4.79. The van der Waals surface area contributed by atoms with Crippen molar-refractivity contribution in [1.29, 1.82) is 0 Å². The molecule has 1 N–H and O–H groups in total. The molecule has 0 saturated heterocycles. The van der Waals surface area contributed by atoms with E-state index in [1.54, 1.807) is 0 Å². The second-order valence-corrected chi connectivity index (χ2v) is 8.34. The van der Waals surface area contributed by atoms with Crippen LogP contribution in [0.2, 0.25) is 10.0 Å². The van der Waals surface area contributed by atoms with Crippen LogP contribution in [0.5, 0.6) is 0 Å². The van der Waals surface area contributed by atoms with E-state index in [0.29, 0.717) is 28.7 Å². The van der Waals surface area contributed by atoms with E-state index in [0.717, 1.165) is 40.8 Å². The van der Waals surface area contributed by atoms with E-state index in [2.05, 4.69) is 16.0 Å². The number of halogens is 2. The molecular weight excluding hydrogens is 429 g/mol. The van der Waals surface area contributed by atoms with Gasteiger partial charge in [0.15, 0.2) is 0 Å². The second kappa shape index (κ2) is 9.54. The van der Waals surface area contributed by atoms with E-state index >= 15 is 0 Å². The Labute approximate surface area is 191 Å². The van der Waals surface area contributed by atoms with Gasteiger partial charge in [-0.25, -0.2) is 4.98 Å². The van der Waals surface area contributed by atoms with Crippen LogP contribution in [0.3, 0.4) is 0 Å². The third kappa shape index (κ3) is 4.92. The van der Waals surface area contributed by atoms with E-state index in [4.69, 9.17) is 28.2 Å². The molecule has 158 valence electrons. The van der Waals surface area contributed by atoms with Crippen molar-refractivity contribution in [3.05, 3.63) is 99.3 Å². The van der Waals surface area contributed by atoms with Crippen LogP contribution >= 0.6 is 23.2 Å². The van der Waals surface area contributed by atoms with Crippen molar-refractivity contribution in [2.24, 2.45) is 0 Å². The SMILES string of the molecule is Cc1ccccc1C(=O)NCCCc1nc2ccccc2n1Cc1ccc(Cl)c(Cl)c1. The van der Waals surface area contributed by atoms with Crippen LogP contribution in [-0.2, 0) is 13.0 Å². The van der Waals surface area contributed by atoms with E-state index in [1.165, 1.54) is 0 Å². The summed E-state index contributed by atoms with van der Waals surface area (Å²) in [5, 5.41) is 4.11. The zero-order valence-corrected chi connectivity index (χ0v) is 18.7. The van der Waals surface area contributed by atoms with Gasteiger partial charge in [0.2, 0.25) is 0 Å². The molecule has 1 aromatic heterocycles. The lowest BCUT2D eigenvalue weighted by atomic mass is 10.1. The number of nitrogens with one attached hydrogen (secondary N) is 1. The highest BCUT2D eigenvalue weighted by molar-refractivity contribution is 6.42. The Morgan fingerprint density at radius 2 is 1.77 bits per heavy atom. The fraction of sp³-hybridized carbons (Fsp3) is 0.200. The predicted octanol–water partition coefficient (Wildman–Crippen LogP) is 6.06. The summed E-state index contributed by atoms with van der Waals surface area (Å²) in [7, 11) is 0. The van der Waals surface area contributed by atoms with Gasteiger partial charge in [-0.2, -0.15) is 0 Å². The van der Waals surface area contributed by atoms with Gasteiger partial charge in [-0.3, -0.25) is 4.79 Å². The fourth-order valence-electron chi connectivity index (χ4n) is 3.68. The smallest absolute Gasteiger partial charge is 0.251 e. The van der Waals surface area contributed by atoms with Crippen LogP contribution < -0.4 is 5.32 Å². The maximum Gasteiger partial charge on any atom is 0.251 e. The van der Waals surface area contributed by atoms with Gasteiger partial charge >= 0.3 is 0 Å². The minimum Gasteiger partial charge on any atom is -0.352 e. The van der Waals surface area contributed by atoms with Crippen LogP contribution in [0.4, 0.5) is 0 Å². The molecule has 3 aromatic carbocycles. The Morgan fingerprint density at radius 1 is 1.00 bits per heavy atom. The molecule has 4 aromatic rings. The minimum absolute atomic E-state index is 0.0394. The summed E-state index contributed by atoms with van der Waals surface area (Å²) in [6.07, 6.45) is 1.55. The molecule has 1 heterocycles. The van der Waals surface area contributed by atoms with Crippen molar-refractivity contribution in [3.63, 3.8) is 0 Å². The first-order valence-electron chi connectivity index (χ1n) is 10.2. The molecule has 0 radical (unpaired) electrons. The average Bonchev–Trinajstić information content (AvgIpc) is 3.11. The Morgan fingerprint density at radius 3 is 2.58 bits per heavy atom. The predicted molar refractivity (Wildman–Crippen MR) is 127 cm³/mol. The molecule has 4 rings (SSSR count). The Balaban J connectivity index is 1.47. The lowest BCUT2D eigenvalue weighted by Gasteiger charge is -2.11. The van der Waals surface area contributed by atoms with Gasteiger partial charge < -0.3 is 9.88 Å². The number of nitrogens with zero attached hydrogens (tertiary/aromatic N) is 2. The molecule has 0 aliphatic rings. The van der Waals surface area contributed by atoms with Crippen LogP contribution in [-0.4, -0.2) is 22.0 Å². The van der Waals surface area contributed by atoms with E-state index in [9.17, 15) is 4.79 Å². The maximum absolute atomic E-state index is 12.4. The van der Waals surface area contributed by atoms with Crippen LogP contribution in [0, 0.1) is 6.92 Å². The van der Waals surface area contributed by atoms with E-state index < -0.39 is 0 Å². The number of hydrogen-bond donors (Lipinski definition) is 1. The monoisotopic (exact) mass is 451 g/mol. The minimum atomic E-state index is -0.0394. The Kier molecular flexibility index (Phi) is 6.59. The molecule has 0 bridgehead atoms. The molecule has 0 aliphatic heterocycles. The van der Waals surface area contributed by atoms with Crippen molar-refractivity contribution >= 4 is 40.1 Å². The first-order valence-corrected chi connectivity index (χ1v) is 11.0. The second-order valence-electron chi connectivity index (χ2n) is 7.53. The highest BCUT2D eigenvalue weighted by Crippen LogP contribution is 2.25. The summed E-state index contributed by atoms with van der Waals surface area (Å²) in [6, 6.07) is 21.4. The Hall–Kier alpha value is -2.82. The van der Waals surface area contributed by atoms with Crippen LogP contribution in [0.1, 0.15) is 33.7 Å². The summed E-state index contributed by atoms with van der Waals surface area (Å²) >= 11 is 12.3. The lowest BCUT2D eigenvalue weighted by molar-refractivity contribution is 0.0952. The van der Waals surface area contributed by atoms with Gasteiger partial charge in [0, 0.05) is 25.1 Å². The number of carbonyl (C=O) groups excluding carboxylic acids is 1. The lowest BCUT2D eigenvalue weighted by Crippen LogP contribution is -2.25. The average molecular weight is 452 g/mol. The van der Waals surface area contributed by atoms with Crippen molar-refractivity contribution in [2.75, 3.05) is 6.54 Å². The highest BCUT2D eigenvalue weighted by Gasteiger charge is 2.12. The number of benzene rings is 3. The molecule has 0 saturated carbocycles. The van der Waals surface area contributed by atoms with Crippen LogP contribution in [0.25, 0.3) is 11.0 Å². The maximum atomic E-state index is 12.4. The molecule has 1 amide bonds. The number of amides is 1. The van der Waals surface area contributed by atoms with Crippen molar-refractivity contribution in [2.45, 2.75) is 26.3 Å². The normalized spacial score (nSPS) is 11.1. The zero-order chi connectivity index (χ0) is 21.8. The topological polar surface area (TPSA) is 46.9 Å². The molecule has 0 fully saturated rings. The number of rotatable bonds is 7. The molecule has 0 atom stereocenters. The molecule has 31 heavy (non-hydrogen) atoms. The number of aromatic nitrogens is 2. The van der Waals surface area contributed by atoms with Gasteiger partial charge in [-0.05, 0) is 54.8 Å². The summed E-state index contributed by atoms with van der Waals surface area (Å²) < 4.78 is 2.21. The van der Waals surface area contributed by atoms with Crippen molar-refractivity contribution in [1.82, 2.24) is 14.9 Å². The number of aryl methyl sites for hydroxylation is 2. The number of carbonyl (C=O) groups is 1. The number of fused-ring (bicyclic) bond motifs is 1. The largest absolute Gasteiger partial charge is 0.352 e.